The van der Waals surface area contributed by atoms with E-state index >= 15 is 0 Å². The average Bonchev–Trinajstić information content (AvgIpc) is 3.18. The summed E-state index contributed by atoms with van der Waals surface area (Å²) in [7, 11) is 0. The number of piperazine rings is 1. The van der Waals surface area contributed by atoms with Crippen molar-refractivity contribution in [3.8, 4) is 0 Å². The van der Waals surface area contributed by atoms with Crippen LogP contribution in [0.4, 0.5) is 0 Å². The average molecular weight is 523 g/mol. The number of hydrogen-bond acceptors (Lipinski definition) is 9. The molecule has 2 unspecified atom stereocenters. The fourth-order valence-electron chi connectivity index (χ4n) is 5.06. The fourth-order valence-corrected chi connectivity index (χ4v) is 5.06. The zero-order valence-electron chi connectivity index (χ0n) is 22.2. The summed E-state index contributed by atoms with van der Waals surface area (Å²) in [6.45, 7) is 10.0. The van der Waals surface area contributed by atoms with Gasteiger partial charge in [-0.05, 0) is 26.7 Å². The van der Waals surface area contributed by atoms with Gasteiger partial charge in [0, 0.05) is 83.7 Å². The third-order valence-corrected chi connectivity index (χ3v) is 7.42. The number of nitrogens with one attached hydrogen (secondary N) is 2. The molecular formula is C25H42N6O6. The molecular weight excluding hydrogens is 480 g/mol. The minimum atomic E-state index is -0.583. The lowest BCUT2D eigenvalue weighted by atomic mass is 9.97. The van der Waals surface area contributed by atoms with Gasteiger partial charge >= 0.3 is 5.97 Å². The molecule has 12 heteroatoms. The van der Waals surface area contributed by atoms with E-state index in [-0.39, 0.29) is 37.5 Å². The topological polar surface area (TPSA) is 132 Å². The van der Waals surface area contributed by atoms with E-state index in [1.54, 1.807) is 0 Å². The maximum absolute atomic E-state index is 12.3. The molecule has 0 aromatic carbocycles. The quantitative estimate of drug-likeness (QED) is 0.325. The Morgan fingerprint density at radius 1 is 0.811 bits per heavy atom. The van der Waals surface area contributed by atoms with Gasteiger partial charge in [-0.3, -0.25) is 29.0 Å². The Morgan fingerprint density at radius 2 is 1.38 bits per heavy atom. The highest BCUT2D eigenvalue weighted by molar-refractivity contribution is 6.01. The molecule has 2 atom stereocenters. The number of rotatable bonds is 12. The van der Waals surface area contributed by atoms with Gasteiger partial charge in [0.2, 0.25) is 11.8 Å². The zero-order chi connectivity index (χ0) is 26.8. The number of carbonyl (C=O) groups excluding carboxylic acids is 5. The van der Waals surface area contributed by atoms with E-state index in [4.69, 9.17) is 4.84 Å². The molecule has 3 heterocycles. The van der Waals surface area contributed by atoms with E-state index in [0.717, 1.165) is 45.6 Å². The highest BCUT2D eigenvalue weighted by Gasteiger charge is 2.33. The van der Waals surface area contributed by atoms with Crippen LogP contribution in [0.15, 0.2) is 0 Å². The van der Waals surface area contributed by atoms with Gasteiger partial charge in [-0.2, -0.15) is 0 Å². The lowest BCUT2D eigenvalue weighted by Crippen LogP contribution is -2.49. The van der Waals surface area contributed by atoms with Crippen LogP contribution in [0.2, 0.25) is 0 Å². The van der Waals surface area contributed by atoms with Gasteiger partial charge in [-0.25, -0.2) is 4.79 Å². The van der Waals surface area contributed by atoms with Crippen LogP contribution >= 0.6 is 0 Å². The molecule has 0 aliphatic carbocycles. The summed E-state index contributed by atoms with van der Waals surface area (Å²) in [6.07, 6.45) is 3.99. The summed E-state index contributed by atoms with van der Waals surface area (Å²) in [6, 6.07) is 0.824. The Labute approximate surface area is 218 Å². The van der Waals surface area contributed by atoms with E-state index in [1.807, 2.05) is 0 Å². The number of likely N-dealkylation sites (tertiary alicyclic amines) is 1. The van der Waals surface area contributed by atoms with Gasteiger partial charge in [-0.15, -0.1) is 5.06 Å². The third-order valence-electron chi connectivity index (χ3n) is 7.42. The highest BCUT2D eigenvalue weighted by atomic mass is 16.7. The second-order valence-electron chi connectivity index (χ2n) is 10.2. The van der Waals surface area contributed by atoms with Crippen LogP contribution in [-0.2, 0) is 28.8 Å². The number of amides is 4. The van der Waals surface area contributed by atoms with Crippen LogP contribution in [-0.4, -0.2) is 120 Å². The molecule has 3 rings (SSSR count). The second kappa shape index (κ2) is 14.4. The first kappa shape index (κ1) is 29.0. The summed E-state index contributed by atoms with van der Waals surface area (Å²) in [4.78, 5) is 70.9. The summed E-state index contributed by atoms with van der Waals surface area (Å²) in [5, 5.41) is 6.36. The lowest BCUT2D eigenvalue weighted by Gasteiger charge is -2.38. The first-order valence-corrected chi connectivity index (χ1v) is 13.5. The van der Waals surface area contributed by atoms with E-state index in [2.05, 4.69) is 39.2 Å². The van der Waals surface area contributed by atoms with Gasteiger partial charge in [0.1, 0.15) is 0 Å². The molecule has 2 N–H and O–H groups in total. The van der Waals surface area contributed by atoms with Crippen molar-refractivity contribution in [3.63, 3.8) is 0 Å². The molecule has 4 amide bonds. The Bertz CT molecular complexity index is 804. The van der Waals surface area contributed by atoms with Gasteiger partial charge in [0.05, 0.1) is 13.0 Å². The molecule has 37 heavy (non-hydrogen) atoms. The molecule has 12 nitrogen and oxygen atoms in total. The highest BCUT2D eigenvalue weighted by Crippen LogP contribution is 2.21. The molecule has 208 valence electrons. The van der Waals surface area contributed by atoms with Gasteiger partial charge in [-0.1, -0.05) is 6.42 Å². The van der Waals surface area contributed by atoms with Crippen molar-refractivity contribution in [2.24, 2.45) is 0 Å². The maximum atomic E-state index is 12.3. The van der Waals surface area contributed by atoms with Crippen molar-refractivity contribution in [2.75, 3.05) is 58.9 Å². The maximum Gasteiger partial charge on any atom is 0.334 e. The second-order valence-corrected chi connectivity index (χ2v) is 10.2. The molecule has 0 aromatic heterocycles. The molecule has 3 aliphatic rings. The van der Waals surface area contributed by atoms with Crippen molar-refractivity contribution in [3.05, 3.63) is 0 Å². The van der Waals surface area contributed by atoms with Gasteiger partial charge in [0.15, 0.2) is 0 Å². The monoisotopic (exact) mass is 522 g/mol. The number of piperidine rings is 1. The first-order valence-electron chi connectivity index (χ1n) is 13.5. The largest absolute Gasteiger partial charge is 0.355 e. The van der Waals surface area contributed by atoms with Crippen molar-refractivity contribution >= 4 is 29.6 Å². The van der Waals surface area contributed by atoms with E-state index in [0.29, 0.717) is 43.3 Å². The molecule has 0 saturated carbocycles. The summed E-state index contributed by atoms with van der Waals surface area (Å²) >= 11 is 0. The normalized spacial score (nSPS) is 23.8. The van der Waals surface area contributed by atoms with Gasteiger partial charge < -0.3 is 20.4 Å². The van der Waals surface area contributed by atoms with Crippen molar-refractivity contribution in [2.45, 2.75) is 70.9 Å². The molecule has 0 aromatic rings. The Hall–Kier alpha value is -2.57. The van der Waals surface area contributed by atoms with Crippen molar-refractivity contribution in [1.82, 2.24) is 30.4 Å². The number of hydrogen-bond donors (Lipinski definition) is 2. The number of nitrogens with zero attached hydrogens (tertiary/aromatic N) is 4. The summed E-state index contributed by atoms with van der Waals surface area (Å²) in [5.41, 5.74) is 0. The molecule has 0 radical (unpaired) electrons. The smallest absolute Gasteiger partial charge is 0.334 e. The van der Waals surface area contributed by atoms with Crippen molar-refractivity contribution < 1.29 is 28.8 Å². The number of hydroxylamine groups is 2. The number of carbonyl (C=O) groups is 5. The minimum absolute atomic E-state index is 0.0300. The van der Waals surface area contributed by atoms with Crippen LogP contribution in [0.5, 0.6) is 0 Å². The first-order chi connectivity index (χ1) is 17.7. The SMILES string of the molecule is CC1CCCC(C)N1CC(=O)NCCC(=O)NCCN1CCN(CCC(=O)ON2C(=O)CCC2=O)CC1. The Morgan fingerprint density at radius 3 is 2.00 bits per heavy atom. The van der Waals surface area contributed by atoms with Gasteiger partial charge in [0.25, 0.3) is 11.8 Å². The van der Waals surface area contributed by atoms with Crippen LogP contribution in [0.25, 0.3) is 0 Å². The van der Waals surface area contributed by atoms with Crippen LogP contribution < -0.4 is 10.6 Å². The lowest BCUT2D eigenvalue weighted by molar-refractivity contribution is -0.197. The van der Waals surface area contributed by atoms with Crippen molar-refractivity contribution in [1.29, 1.82) is 0 Å². The fraction of sp³-hybridized carbons (Fsp3) is 0.800. The standard InChI is InChI=1S/C25H42N6O6/c1-19-4-3-5-20(2)30(19)18-22(33)26-10-8-21(32)27-11-13-29-16-14-28(15-17-29)12-9-25(36)37-31-23(34)6-7-24(31)35/h19-20H,3-18H2,1-2H3,(H,26,33)(H,27,32). The van der Waals surface area contributed by atoms with E-state index < -0.39 is 17.8 Å². The van der Waals surface area contributed by atoms with E-state index in [1.165, 1.54) is 6.42 Å². The molecule has 3 saturated heterocycles. The van der Waals surface area contributed by atoms with Crippen LogP contribution in [0.3, 0.4) is 0 Å². The summed E-state index contributed by atoms with van der Waals surface area (Å²) < 4.78 is 0. The van der Waals surface area contributed by atoms with Crippen LogP contribution in [0, 0.1) is 0 Å². The number of imide groups is 1. The molecule has 3 fully saturated rings. The zero-order valence-corrected chi connectivity index (χ0v) is 22.2. The Kier molecular flexibility index (Phi) is 11.3. The Balaban J connectivity index is 1.19. The molecule has 3 aliphatic heterocycles. The predicted octanol–water partition coefficient (Wildman–Crippen LogP) is -0.513. The molecule has 0 bridgehead atoms. The summed E-state index contributed by atoms with van der Waals surface area (Å²) in [5.74, 6) is -1.63. The molecule has 0 spiro atoms. The predicted molar refractivity (Wildman–Crippen MR) is 135 cm³/mol. The third kappa shape index (κ3) is 9.35. The van der Waals surface area contributed by atoms with E-state index in [9.17, 15) is 24.0 Å². The van der Waals surface area contributed by atoms with Crippen LogP contribution in [0.1, 0.15) is 58.8 Å². The minimum Gasteiger partial charge on any atom is -0.355 e.